The van der Waals surface area contributed by atoms with Crippen molar-refractivity contribution in [1.82, 2.24) is 0 Å². The molecular weight excluding hydrogens is 356 g/mol. The first-order valence-corrected chi connectivity index (χ1v) is 9.43. The second kappa shape index (κ2) is 8.69. The maximum atomic E-state index is 12.2. The molecule has 2 aromatic rings. The van der Waals surface area contributed by atoms with Gasteiger partial charge in [-0.05, 0) is 73.6 Å². The Morgan fingerprint density at radius 2 is 1.71 bits per heavy atom. The summed E-state index contributed by atoms with van der Waals surface area (Å²) in [6.45, 7) is 1.53. The van der Waals surface area contributed by atoms with E-state index in [1.807, 2.05) is 6.07 Å². The summed E-state index contributed by atoms with van der Waals surface area (Å²) < 4.78 is 5.27. The number of nitrogens with one attached hydrogen (secondary N) is 1. The van der Waals surface area contributed by atoms with E-state index in [0.717, 1.165) is 18.4 Å². The summed E-state index contributed by atoms with van der Waals surface area (Å²) in [5, 5.41) is 2.65. The van der Waals surface area contributed by atoms with E-state index >= 15 is 0 Å². The summed E-state index contributed by atoms with van der Waals surface area (Å²) in [6, 6.07) is 12.3. The highest BCUT2D eigenvalue weighted by atomic mass is 16.5. The number of rotatable bonds is 6. The van der Waals surface area contributed by atoms with Gasteiger partial charge in [0.1, 0.15) is 0 Å². The highest BCUT2D eigenvalue weighted by molar-refractivity contribution is 5.96. The van der Waals surface area contributed by atoms with Gasteiger partial charge in [-0.3, -0.25) is 14.4 Å². The van der Waals surface area contributed by atoms with Gasteiger partial charge in [0.2, 0.25) is 5.91 Å². The van der Waals surface area contributed by atoms with Crippen LogP contribution < -0.4 is 11.1 Å². The molecule has 0 fully saturated rings. The molecule has 2 aromatic carbocycles. The fourth-order valence-corrected chi connectivity index (χ4v) is 3.32. The number of carbonyl (C=O) groups excluding carboxylic acids is 3. The van der Waals surface area contributed by atoms with Gasteiger partial charge in [0.15, 0.2) is 6.10 Å². The molecule has 0 spiro atoms. The smallest absolute Gasteiger partial charge is 0.311 e. The Balaban J connectivity index is 1.53. The van der Waals surface area contributed by atoms with Gasteiger partial charge in [-0.25, -0.2) is 0 Å². The summed E-state index contributed by atoms with van der Waals surface area (Å²) in [5.41, 5.74) is 9.60. The Bertz CT molecular complexity index is 890. The Morgan fingerprint density at radius 3 is 2.39 bits per heavy atom. The van der Waals surface area contributed by atoms with Gasteiger partial charge >= 0.3 is 5.97 Å². The van der Waals surface area contributed by atoms with Crippen molar-refractivity contribution in [3.05, 3.63) is 64.7 Å². The normalized spacial score (nSPS) is 13.9. The SMILES string of the molecule is C[C@H](OC(=O)Cc1ccc2c(c1)CCCC2)C(=O)Nc1ccc(C(N)=O)cc1. The zero-order valence-electron chi connectivity index (χ0n) is 15.9. The largest absolute Gasteiger partial charge is 0.452 e. The molecule has 1 aliphatic rings. The van der Waals surface area contributed by atoms with E-state index in [-0.39, 0.29) is 6.42 Å². The van der Waals surface area contributed by atoms with Crippen molar-refractivity contribution in [3.63, 3.8) is 0 Å². The van der Waals surface area contributed by atoms with E-state index in [0.29, 0.717) is 11.3 Å². The summed E-state index contributed by atoms with van der Waals surface area (Å²) in [5.74, 6) is -1.42. The average Bonchev–Trinajstić information content (AvgIpc) is 2.68. The van der Waals surface area contributed by atoms with Crippen molar-refractivity contribution in [3.8, 4) is 0 Å². The minimum Gasteiger partial charge on any atom is -0.452 e. The molecule has 146 valence electrons. The molecule has 2 amide bonds. The lowest BCUT2D eigenvalue weighted by Gasteiger charge is -2.17. The predicted molar refractivity (Wildman–Crippen MR) is 106 cm³/mol. The lowest BCUT2D eigenvalue weighted by atomic mass is 9.90. The van der Waals surface area contributed by atoms with Crippen LogP contribution >= 0.6 is 0 Å². The molecule has 0 saturated carbocycles. The van der Waals surface area contributed by atoms with Crippen LogP contribution in [-0.2, 0) is 33.6 Å². The van der Waals surface area contributed by atoms with Crippen LogP contribution in [0.1, 0.15) is 46.8 Å². The Kier molecular flexibility index (Phi) is 6.09. The van der Waals surface area contributed by atoms with Gasteiger partial charge in [-0.2, -0.15) is 0 Å². The monoisotopic (exact) mass is 380 g/mol. The number of anilines is 1. The lowest BCUT2D eigenvalue weighted by molar-refractivity contribution is -0.152. The van der Waals surface area contributed by atoms with Gasteiger partial charge in [-0.1, -0.05) is 18.2 Å². The second-order valence-electron chi connectivity index (χ2n) is 7.05. The summed E-state index contributed by atoms with van der Waals surface area (Å²) in [6.07, 6.45) is 3.74. The van der Waals surface area contributed by atoms with Crippen molar-refractivity contribution in [1.29, 1.82) is 0 Å². The van der Waals surface area contributed by atoms with Crippen molar-refractivity contribution in [2.45, 2.75) is 45.1 Å². The summed E-state index contributed by atoms with van der Waals surface area (Å²) >= 11 is 0. The van der Waals surface area contributed by atoms with E-state index < -0.39 is 23.9 Å². The summed E-state index contributed by atoms with van der Waals surface area (Å²) in [4.78, 5) is 35.5. The Labute approximate surface area is 164 Å². The van der Waals surface area contributed by atoms with Crippen LogP contribution in [0.4, 0.5) is 5.69 Å². The van der Waals surface area contributed by atoms with Crippen LogP contribution in [0.5, 0.6) is 0 Å². The number of carbonyl (C=O) groups is 3. The van der Waals surface area contributed by atoms with E-state index in [4.69, 9.17) is 10.5 Å². The lowest BCUT2D eigenvalue weighted by Crippen LogP contribution is -2.30. The minimum atomic E-state index is -0.930. The minimum absolute atomic E-state index is 0.137. The number of primary amides is 1. The number of hydrogen-bond acceptors (Lipinski definition) is 4. The van der Waals surface area contributed by atoms with Crippen molar-refractivity contribution in [2.75, 3.05) is 5.32 Å². The summed E-state index contributed by atoms with van der Waals surface area (Å²) in [7, 11) is 0. The van der Waals surface area contributed by atoms with Gasteiger partial charge < -0.3 is 15.8 Å². The molecule has 0 unspecified atom stereocenters. The molecule has 0 saturated heterocycles. The van der Waals surface area contributed by atoms with Gasteiger partial charge in [0.25, 0.3) is 5.91 Å². The van der Waals surface area contributed by atoms with Crippen molar-refractivity contribution in [2.24, 2.45) is 5.73 Å². The maximum absolute atomic E-state index is 12.2. The molecule has 0 aliphatic heterocycles. The number of amides is 2. The predicted octanol–water partition coefficient (Wildman–Crippen LogP) is 2.78. The average molecular weight is 380 g/mol. The third kappa shape index (κ3) is 4.97. The zero-order chi connectivity index (χ0) is 20.1. The molecule has 3 rings (SSSR count). The third-order valence-electron chi connectivity index (χ3n) is 4.88. The number of esters is 1. The van der Waals surface area contributed by atoms with Crippen LogP contribution in [0.3, 0.4) is 0 Å². The highest BCUT2D eigenvalue weighted by Crippen LogP contribution is 2.22. The van der Waals surface area contributed by atoms with E-state index in [1.54, 1.807) is 12.1 Å². The first-order valence-electron chi connectivity index (χ1n) is 9.43. The van der Waals surface area contributed by atoms with Gasteiger partial charge in [-0.15, -0.1) is 0 Å². The first kappa shape index (κ1) is 19.6. The van der Waals surface area contributed by atoms with Gasteiger partial charge in [0.05, 0.1) is 6.42 Å². The van der Waals surface area contributed by atoms with E-state index in [9.17, 15) is 14.4 Å². The van der Waals surface area contributed by atoms with E-state index in [1.165, 1.54) is 43.0 Å². The second-order valence-corrected chi connectivity index (χ2v) is 7.05. The standard InChI is InChI=1S/C22H24N2O4/c1-14(22(27)24-19-10-8-17(9-11-19)21(23)26)28-20(25)13-15-6-7-16-4-2-3-5-18(16)12-15/h6-12,14H,2-5,13H2,1H3,(H2,23,26)(H,24,27)/t14-/m0/s1. The zero-order valence-corrected chi connectivity index (χ0v) is 15.9. The molecule has 1 atom stereocenters. The van der Waals surface area contributed by atoms with Crippen LogP contribution in [-0.4, -0.2) is 23.9 Å². The molecule has 1 aliphatic carbocycles. The number of fused-ring (bicyclic) bond motifs is 1. The molecule has 6 nitrogen and oxygen atoms in total. The Morgan fingerprint density at radius 1 is 1.04 bits per heavy atom. The van der Waals surface area contributed by atoms with Crippen LogP contribution in [0, 0.1) is 0 Å². The van der Waals surface area contributed by atoms with Crippen LogP contribution in [0.2, 0.25) is 0 Å². The molecule has 0 heterocycles. The van der Waals surface area contributed by atoms with Crippen LogP contribution in [0.15, 0.2) is 42.5 Å². The maximum Gasteiger partial charge on any atom is 0.311 e. The van der Waals surface area contributed by atoms with E-state index in [2.05, 4.69) is 17.4 Å². The van der Waals surface area contributed by atoms with Crippen LogP contribution in [0.25, 0.3) is 0 Å². The molecular formula is C22H24N2O4. The number of hydrogen-bond donors (Lipinski definition) is 2. The molecule has 0 bridgehead atoms. The molecule has 0 radical (unpaired) electrons. The number of ether oxygens (including phenoxy) is 1. The molecule has 6 heteroatoms. The number of benzene rings is 2. The fraction of sp³-hybridized carbons (Fsp3) is 0.318. The molecule has 0 aromatic heterocycles. The number of aryl methyl sites for hydroxylation is 2. The highest BCUT2D eigenvalue weighted by Gasteiger charge is 2.19. The first-order chi connectivity index (χ1) is 13.4. The third-order valence-corrected chi connectivity index (χ3v) is 4.88. The van der Waals surface area contributed by atoms with Crippen molar-refractivity contribution >= 4 is 23.5 Å². The topological polar surface area (TPSA) is 98.5 Å². The molecule has 3 N–H and O–H groups in total. The molecule has 28 heavy (non-hydrogen) atoms. The quantitative estimate of drug-likeness (QED) is 0.753. The fourth-order valence-electron chi connectivity index (χ4n) is 3.32. The van der Waals surface area contributed by atoms with Gasteiger partial charge in [0, 0.05) is 11.3 Å². The van der Waals surface area contributed by atoms with Crippen molar-refractivity contribution < 1.29 is 19.1 Å². The Hall–Kier alpha value is -3.15. The number of nitrogens with two attached hydrogens (primary N) is 1.